The van der Waals surface area contributed by atoms with Crippen LogP contribution in [0, 0.1) is 11.8 Å². The fourth-order valence-corrected chi connectivity index (χ4v) is 4.34. The summed E-state index contributed by atoms with van der Waals surface area (Å²) in [6.07, 6.45) is 0. The number of hydrogen-bond donors (Lipinski definition) is 2. The molecule has 2 heterocycles. The van der Waals surface area contributed by atoms with Crippen molar-refractivity contribution in [3.05, 3.63) is 60.2 Å². The molecule has 0 spiro atoms. The third kappa shape index (κ3) is 2.35. The second kappa shape index (κ2) is 5.92. The van der Waals surface area contributed by atoms with Crippen molar-refractivity contribution >= 4 is 23.5 Å². The van der Waals surface area contributed by atoms with Crippen molar-refractivity contribution in [3.8, 4) is 5.75 Å². The van der Waals surface area contributed by atoms with Crippen LogP contribution < -0.4 is 15.3 Å². The van der Waals surface area contributed by atoms with Crippen molar-refractivity contribution in [2.24, 2.45) is 11.8 Å². The number of anilines is 1. The van der Waals surface area contributed by atoms with E-state index in [0.29, 0.717) is 11.3 Å². The van der Waals surface area contributed by atoms with E-state index in [9.17, 15) is 24.6 Å². The molecule has 0 radical (unpaired) electrons. The molecule has 0 aromatic heterocycles. The fourth-order valence-electron chi connectivity index (χ4n) is 4.34. The fraction of sp³-hybridized carbons (Fsp3) is 0.250. The SMILES string of the molecule is C[C@@]1(C(=O)[O-])[NH2+][C@@H](c2ccccc2O)[C@H]2C(=O)N(c3ccccc3)C(=O)[C@H]21. The van der Waals surface area contributed by atoms with E-state index in [2.05, 4.69) is 0 Å². The van der Waals surface area contributed by atoms with Crippen molar-refractivity contribution in [1.82, 2.24) is 0 Å². The first-order valence-corrected chi connectivity index (χ1v) is 8.64. The summed E-state index contributed by atoms with van der Waals surface area (Å²) >= 11 is 0. The number of aromatic hydroxyl groups is 1. The van der Waals surface area contributed by atoms with Crippen molar-refractivity contribution in [2.75, 3.05) is 4.90 Å². The Kier molecular flexibility index (Phi) is 3.78. The largest absolute Gasteiger partial charge is 0.544 e. The number of benzene rings is 2. The normalized spacial score (nSPS) is 29.8. The van der Waals surface area contributed by atoms with Crippen molar-refractivity contribution in [2.45, 2.75) is 18.5 Å². The number of phenols is 1. The Balaban J connectivity index is 1.85. The van der Waals surface area contributed by atoms with Gasteiger partial charge in [-0.05, 0) is 31.2 Å². The number of para-hydroxylation sites is 2. The van der Waals surface area contributed by atoms with Crippen LogP contribution in [0.5, 0.6) is 5.75 Å². The van der Waals surface area contributed by atoms with E-state index in [1.54, 1.807) is 48.5 Å². The van der Waals surface area contributed by atoms with E-state index >= 15 is 0 Å². The number of carbonyl (C=O) groups excluding carboxylic acids is 3. The zero-order valence-corrected chi connectivity index (χ0v) is 14.5. The molecule has 2 aromatic carbocycles. The minimum atomic E-state index is -1.62. The van der Waals surface area contributed by atoms with Crippen LogP contribution in [0.3, 0.4) is 0 Å². The molecule has 27 heavy (non-hydrogen) atoms. The molecule has 4 atom stereocenters. The highest BCUT2D eigenvalue weighted by Gasteiger charge is 2.68. The Morgan fingerprint density at radius 1 is 1.07 bits per heavy atom. The number of hydrogen-bond acceptors (Lipinski definition) is 5. The maximum absolute atomic E-state index is 13.2. The maximum Gasteiger partial charge on any atom is 0.244 e. The van der Waals surface area contributed by atoms with Gasteiger partial charge < -0.3 is 20.3 Å². The first kappa shape index (κ1) is 17.2. The second-order valence-electron chi connectivity index (χ2n) is 7.17. The molecule has 2 aromatic rings. The number of nitrogens with zero attached hydrogens (tertiary/aromatic N) is 1. The molecule has 7 heteroatoms. The zero-order chi connectivity index (χ0) is 19.3. The molecule has 0 saturated carbocycles. The molecule has 2 aliphatic rings. The zero-order valence-electron chi connectivity index (χ0n) is 14.5. The average molecular weight is 366 g/mol. The number of phenolic OH excluding ortho intramolecular Hbond substituents is 1. The highest BCUT2D eigenvalue weighted by Crippen LogP contribution is 2.46. The number of imide groups is 1. The smallest absolute Gasteiger partial charge is 0.244 e. The van der Waals surface area contributed by atoms with E-state index in [-0.39, 0.29) is 5.75 Å². The standard InChI is InChI=1S/C20H18N2O5/c1-20(19(26)27)15-14(16(21-20)12-9-5-6-10-13(12)23)17(24)22(18(15)25)11-7-3-2-4-8-11/h2-10,14-16,21,23H,1H3,(H,26,27)/t14-,15-,16-,20+/m0/s1. The van der Waals surface area contributed by atoms with E-state index in [1.165, 1.54) is 18.3 Å². The quantitative estimate of drug-likeness (QED) is 0.699. The summed E-state index contributed by atoms with van der Waals surface area (Å²) in [5.41, 5.74) is -0.791. The van der Waals surface area contributed by atoms with Crippen LogP contribution in [0.4, 0.5) is 5.69 Å². The minimum Gasteiger partial charge on any atom is -0.544 e. The van der Waals surface area contributed by atoms with Gasteiger partial charge in [0.2, 0.25) is 11.8 Å². The first-order chi connectivity index (χ1) is 12.9. The van der Waals surface area contributed by atoms with Crippen LogP contribution in [-0.2, 0) is 14.4 Å². The topological polar surface area (TPSA) is 114 Å². The molecule has 2 amide bonds. The van der Waals surface area contributed by atoms with Gasteiger partial charge in [0.05, 0.1) is 11.3 Å². The van der Waals surface area contributed by atoms with Gasteiger partial charge in [-0.2, -0.15) is 0 Å². The highest BCUT2D eigenvalue weighted by atomic mass is 16.4. The van der Waals surface area contributed by atoms with Gasteiger partial charge in [-0.1, -0.05) is 30.3 Å². The Morgan fingerprint density at radius 3 is 2.33 bits per heavy atom. The molecule has 4 rings (SSSR count). The summed E-state index contributed by atoms with van der Waals surface area (Å²) in [5, 5.41) is 23.6. The van der Waals surface area contributed by atoms with Gasteiger partial charge >= 0.3 is 0 Å². The van der Waals surface area contributed by atoms with Gasteiger partial charge in [-0.25, -0.2) is 4.90 Å². The molecular weight excluding hydrogens is 348 g/mol. The van der Waals surface area contributed by atoms with Gasteiger partial charge in [0, 0.05) is 0 Å². The summed E-state index contributed by atoms with van der Waals surface area (Å²) in [7, 11) is 0. The number of carboxylic acid groups (broad SMARTS) is 1. The lowest BCUT2D eigenvalue weighted by atomic mass is 9.80. The summed E-state index contributed by atoms with van der Waals surface area (Å²) < 4.78 is 0. The van der Waals surface area contributed by atoms with Gasteiger partial charge in [-0.3, -0.25) is 9.59 Å². The highest BCUT2D eigenvalue weighted by molar-refractivity contribution is 6.23. The Morgan fingerprint density at radius 2 is 1.70 bits per heavy atom. The van der Waals surface area contributed by atoms with Crippen LogP contribution >= 0.6 is 0 Å². The third-order valence-electron chi connectivity index (χ3n) is 5.66. The molecule has 3 N–H and O–H groups in total. The Hall–Kier alpha value is -3.19. The van der Waals surface area contributed by atoms with Crippen LogP contribution in [0.25, 0.3) is 0 Å². The molecular formula is C20H18N2O5. The minimum absolute atomic E-state index is 0.0430. The number of nitrogens with two attached hydrogens (primary N) is 1. The summed E-state index contributed by atoms with van der Waals surface area (Å²) in [6, 6.07) is 14.2. The van der Waals surface area contributed by atoms with Crippen molar-refractivity contribution in [1.29, 1.82) is 0 Å². The van der Waals surface area contributed by atoms with E-state index in [0.717, 1.165) is 4.90 Å². The Bertz CT molecular complexity index is 944. The molecule has 0 bridgehead atoms. The average Bonchev–Trinajstić information content (AvgIpc) is 3.11. The number of rotatable bonds is 3. The number of carbonyl (C=O) groups is 3. The molecule has 0 aliphatic carbocycles. The molecule has 2 aliphatic heterocycles. The van der Waals surface area contributed by atoms with E-state index < -0.39 is 41.2 Å². The molecule has 0 unspecified atom stereocenters. The van der Waals surface area contributed by atoms with Crippen molar-refractivity contribution in [3.63, 3.8) is 0 Å². The van der Waals surface area contributed by atoms with Crippen molar-refractivity contribution < 1.29 is 29.9 Å². The van der Waals surface area contributed by atoms with Gasteiger partial charge in [0.15, 0.2) is 0 Å². The lowest BCUT2D eigenvalue weighted by Gasteiger charge is -2.29. The number of aliphatic carboxylic acids is 1. The van der Waals surface area contributed by atoms with E-state index in [1.807, 2.05) is 0 Å². The van der Waals surface area contributed by atoms with Crippen LogP contribution in [0.1, 0.15) is 18.5 Å². The number of quaternary nitrogens is 1. The summed E-state index contributed by atoms with van der Waals surface area (Å²) in [5.74, 6) is -4.47. The number of carboxylic acids is 1. The lowest BCUT2D eigenvalue weighted by molar-refractivity contribution is -0.735. The molecule has 138 valence electrons. The third-order valence-corrected chi connectivity index (χ3v) is 5.66. The van der Waals surface area contributed by atoms with E-state index in [4.69, 9.17) is 0 Å². The molecule has 2 fully saturated rings. The van der Waals surface area contributed by atoms with Crippen LogP contribution in [-0.4, -0.2) is 28.4 Å². The predicted octanol–water partition coefficient (Wildman–Crippen LogP) is -0.675. The lowest BCUT2D eigenvalue weighted by Crippen LogP contribution is -2.98. The van der Waals surface area contributed by atoms with Gasteiger partial charge in [-0.15, -0.1) is 0 Å². The van der Waals surface area contributed by atoms with Gasteiger partial charge in [0.25, 0.3) is 0 Å². The monoisotopic (exact) mass is 366 g/mol. The van der Waals surface area contributed by atoms with Gasteiger partial charge in [0.1, 0.15) is 35.1 Å². The second-order valence-corrected chi connectivity index (χ2v) is 7.17. The summed E-state index contributed by atoms with van der Waals surface area (Å²) in [4.78, 5) is 39.3. The van der Waals surface area contributed by atoms with Crippen LogP contribution in [0.2, 0.25) is 0 Å². The number of fused-ring (bicyclic) bond motifs is 1. The predicted molar refractivity (Wildman–Crippen MR) is 92.1 cm³/mol. The number of amides is 2. The summed E-state index contributed by atoms with van der Waals surface area (Å²) in [6.45, 7) is 1.40. The molecule has 2 saturated heterocycles. The molecule has 7 nitrogen and oxygen atoms in total. The van der Waals surface area contributed by atoms with Crippen LogP contribution in [0.15, 0.2) is 54.6 Å². The Labute approximate surface area is 155 Å². The maximum atomic E-state index is 13.2. The first-order valence-electron chi connectivity index (χ1n) is 8.64.